The summed E-state index contributed by atoms with van der Waals surface area (Å²) in [6.07, 6.45) is 6.61. The van der Waals surface area contributed by atoms with Gasteiger partial charge in [0.2, 0.25) is 0 Å². The third-order valence-corrected chi connectivity index (χ3v) is 5.07. The fourth-order valence-corrected chi connectivity index (χ4v) is 3.38. The Bertz CT molecular complexity index is 1200. The highest BCUT2D eigenvalue weighted by molar-refractivity contribution is 5.97. The lowest BCUT2D eigenvalue weighted by atomic mass is 9.99. The first kappa shape index (κ1) is 19.8. The number of fused-ring (bicyclic) bond motifs is 1. The Morgan fingerprint density at radius 1 is 1.13 bits per heavy atom. The smallest absolute Gasteiger partial charge is 0.162 e. The molecule has 0 fully saturated rings. The topological polar surface area (TPSA) is 69.4 Å². The maximum absolute atomic E-state index is 12.6. The van der Waals surface area contributed by atoms with Crippen molar-refractivity contribution in [3.8, 4) is 28.3 Å². The minimum atomic E-state index is 0.163. The summed E-state index contributed by atoms with van der Waals surface area (Å²) in [4.78, 5) is 21.1. The summed E-state index contributed by atoms with van der Waals surface area (Å²) < 4.78 is 7.24. The summed E-state index contributed by atoms with van der Waals surface area (Å²) >= 11 is 0. The molecule has 30 heavy (non-hydrogen) atoms. The van der Waals surface area contributed by atoms with E-state index in [-0.39, 0.29) is 5.78 Å². The number of hydrogen-bond acceptors (Lipinski definition) is 5. The van der Waals surface area contributed by atoms with Crippen LogP contribution in [0, 0.1) is 5.92 Å². The summed E-state index contributed by atoms with van der Waals surface area (Å²) in [6.45, 7) is 4.26. The van der Waals surface area contributed by atoms with E-state index >= 15 is 0 Å². The van der Waals surface area contributed by atoms with Gasteiger partial charge < -0.3 is 4.74 Å². The van der Waals surface area contributed by atoms with Crippen molar-refractivity contribution in [3.05, 3.63) is 66.6 Å². The van der Waals surface area contributed by atoms with Crippen molar-refractivity contribution in [2.45, 2.75) is 26.7 Å². The van der Waals surface area contributed by atoms with Crippen molar-refractivity contribution in [2.24, 2.45) is 5.92 Å². The summed E-state index contributed by atoms with van der Waals surface area (Å²) in [5.41, 5.74) is 4.80. The average molecular weight is 400 g/mol. The van der Waals surface area contributed by atoms with Crippen LogP contribution in [0.5, 0.6) is 5.75 Å². The molecule has 6 heteroatoms. The minimum Gasteiger partial charge on any atom is -0.494 e. The van der Waals surface area contributed by atoms with Gasteiger partial charge in [-0.2, -0.15) is 5.10 Å². The number of imidazole rings is 1. The van der Waals surface area contributed by atoms with Crippen molar-refractivity contribution < 1.29 is 9.53 Å². The summed E-state index contributed by atoms with van der Waals surface area (Å²) in [5.74, 6) is 1.33. The number of rotatable bonds is 7. The van der Waals surface area contributed by atoms with Crippen LogP contribution >= 0.6 is 0 Å². The molecule has 4 aromatic rings. The first-order valence-electron chi connectivity index (χ1n) is 10.0. The molecule has 152 valence electrons. The number of aromatic nitrogens is 4. The molecule has 0 N–H and O–H groups in total. The van der Waals surface area contributed by atoms with Crippen LogP contribution in [0.3, 0.4) is 0 Å². The number of nitrogens with zero attached hydrogens (tertiary/aromatic N) is 4. The maximum Gasteiger partial charge on any atom is 0.162 e. The van der Waals surface area contributed by atoms with E-state index in [1.54, 1.807) is 30.2 Å². The number of carbonyl (C=O) groups is 1. The molecule has 3 heterocycles. The standard InChI is InChI=1S/C24H24N4O2/c1-16(2)7-9-22(29)18-6-4-5-17(13-18)20-8-10-24-26-14-21(28(24)27-20)19-11-12-25-15-23(19)30-3/h4-6,8,10-16H,7,9H2,1-3H3. The van der Waals surface area contributed by atoms with Crippen molar-refractivity contribution in [3.63, 3.8) is 0 Å². The van der Waals surface area contributed by atoms with E-state index < -0.39 is 0 Å². The Labute approximate surface area is 175 Å². The van der Waals surface area contributed by atoms with E-state index in [0.717, 1.165) is 40.1 Å². The molecule has 0 spiro atoms. The van der Waals surface area contributed by atoms with Crippen LogP contribution in [0.4, 0.5) is 0 Å². The normalized spacial score (nSPS) is 11.2. The Morgan fingerprint density at radius 3 is 2.80 bits per heavy atom. The zero-order chi connectivity index (χ0) is 21.1. The number of Topliss-reactive ketones (excluding diaryl/α,β-unsaturated/α-hetero) is 1. The second-order valence-corrected chi connectivity index (χ2v) is 7.64. The number of ketones is 1. The molecule has 0 amide bonds. The van der Waals surface area contributed by atoms with Gasteiger partial charge in [-0.15, -0.1) is 0 Å². The Balaban J connectivity index is 1.73. The van der Waals surface area contributed by atoms with E-state index in [4.69, 9.17) is 9.84 Å². The molecule has 0 saturated carbocycles. The highest BCUT2D eigenvalue weighted by Crippen LogP contribution is 2.29. The lowest BCUT2D eigenvalue weighted by Crippen LogP contribution is -2.02. The molecule has 0 aliphatic heterocycles. The average Bonchev–Trinajstić information content (AvgIpc) is 3.20. The fraction of sp³-hybridized carbons (Fsp3) is 0.250. The molecule has 1 aromatic carbocycles. The van der Waals surface area contributed by atoms with Crippen LogP contribution in [-0.2, 0) is 0 Å². The molecule has 3 aromatic heterocycles. The molecule has 0 unspecified atom stereocenters. The summed E-state index contributed by atoms with van der Waals surface area (Å²) in [6, 6.07) is 13.4. The Hall–Kier alpha value is -3.54. The number of ether oxygens (including phenoxy) is 1. The van der Waals surface area contributed by atoms with Gasteiger partial charge in [0.25, 0.3) is 0 Å². The third kappa shape index (κ3) is 3.94. The maximum atomic E-state index is 12.6. The van der Waals surface area contributed by atoms with Crippen LogP contribution in [0.15, 0.2) is 61.1 Å². The first-order valence-corrected chi connectivity index (χ1v) is 10.0. The Kier molecular flexibility index (Phi) is 5.57. The SMILES string of the molecule is COc1cnccc1-c1cnc2ccc(-c3cccc(C(=O)CCC(C)C)c3)nn12. The van der Waals surface area contributed by atoms with Gasteiger partial charge in [0, 0.05) is 29.3 Å². The zero-order valence-electron chi connectivity index (χ0n) is 17.4. The molecular formula is C24H24N4O2. The number of methoxy groups -OCH3 is 1. The third-order valence-electron chi connectivity index (χ3n) is 5.07. The highest BCUT2D eigenvalue weighted by atomic mass is 16.5. The van der Waals surface area contributed by atoms with Gasteiger partial charge in [-0.05, 0) is 36.6 Å². The fourth-order valence-electron chi connectivity index (χ4n) is 3.38. The van der Waals surface area contributed by atoms with Crippen LogP contribution in [-0.4, -0.2) is 32.5 Å². The van der Waals surface area contributed by atoms with E-state index in [2.05, 4.69) is 23.8 Å². The van der Waals surface area contributed by atoms with Crippen LogP contribution in [0.25, 0.3) is 28.2 Å². The molecule has 0 bridgehead atoms. The highest BCUT2D eigenvalue weighted by Gasteiger charge is 2.14. The van der Waals surface area contributed by atoms with Gasteiger partial charge in [0.15, 0.2) is 11.4 Å². The van der Waals surface area contributed by atoms with Gasteiger partial charge in [-0.25, -0.2) is 9.50 Å². The quantitative estimate of drug-likeness (QED) is 0.404. The van der Waals surface area contributed by atoms with Crippen molar-refractivity contribution in [1.29, 1.82) is 0 Å². The van der Waals surface area contributed by atoms with Crippen molar-refractivity contribution >= 4 is 11.4 Å². The van der Waals surface area contributed by atoms with E-state index in [1.807, 2.05) is 42.5 Å². The Morgan fingerprint density at radius 2 is 2.00 bits per heavy atom. The molecule has 0 saturated heterocycles. The second kappa shape index (κ2) is 8.45. The molecule has 0 aliphatic carbocycles. The predicted octanol–water partition coefficient (Wildman–Crippen LogP) is 5.09. The second-order valence-electron chi connectivity index (χ2n) is 7.64. The lowest BCUT2D eigenvalue weighted by molar-refractivity contribution is 0.0975. The molecule has 0 atom stereocenters. The number of benzene rings is 1. The molecule has 0 radical (unpaired) electrons. The van der Waals surface area contributed by atoms with E-state index in [1.165, 1.54) is 0 Å². The van der Waals surface area contributed by atoms with Crippen molar-refractivity contribution in [2.75, 3.05) is 7.11 Å². The van der Waals surface area contributed by atoms with E-state index in [9.17, 15) is 4.79 Å². The van der Waals surface area contributed by atoms with Gasteiger partial charge >= 0.3 is 0 Å². The van der Waals surface area contributed by atoms with Gasteiger partial charge in [-0.1, -0.05) is 32.0 Å². The lowest BCUT2D eigenvalue weighted by Gasteiger charge is -2.09. The molecule has 6 nitrogen and oxygen atoms in total. The molecular weight excluding hydrogens is 376 g/mol. The molecule has 4 rings (SSSR count). The van der Waals surface area contributed by atoms with Crippen LogP contribution in [0.1, 0.15) is 37.0 Å². The van der Waals surface area contributed by atoms with Crippen LogP contribution in [0.2, 0.25) is 0 Å². The summed E-state index contributed by atoms with van der Waals surface area (Å²) in [5, 5.41) is 4.80. The zero-order valence-corrected chi connectivity index (χ0v) is 17.4. The first-order chi connectivity index (χ1) is 14.6. The van der Waals surface area contributed by atoms with Gasteiger partial charge in [0.1, 0.15) is 5.75 Å². The number of carbonyl (C=O) groups excluding carboxylic acids is 1. The largest absolute Gasteiger partial charge is 0.494 e. The predicted molar refractivity (Wildman–Crippen MR) is 117 cm³/mol. The summed E-state index contributed by atoms with van der Waals surface area (Å²) in [7, 11) is 1.62. The number of hydrogen-bond donors (Lipinski definition) is 0. The van der Waals surface area contributed by atoms with Gasteiger partial charge in [0.05, 0.1) is 30.9 Å². The molecule has 0 aliphatic rings. The minimum absolute atomic E-state index is 0.163. The van der Waals surface area contributed by atoms with E-state index in [0.29, 0.717) is 18.1 Å². The monoisotopic (exact) mass is 400 g/mol. The van der Waals surface area contributed by atoms with Crippen LogP contribution < -0.4 is 4.74 Å². The van der Waals surface area contributed by atoms with Crippen molar-refractivity contribution in [1.82, 2.24) is 19.6 Å². The number of pyridine rings is 1. The van der Waals surface area contributed by atoms with Gasteiger partial charge in [-0.3, -0.25) is 9.78 Å².